The normalized spacial score (nSPS) is 13.9. The summed E-state index contributed by atoms with van der Waals surface area (Å²) in [7, 11) is 0. The van der Waals surface area contributed by atoms with Crippen LogP contribution in [0.1, 0.15) is 97.3 Å². The Morgan fingerprint density at radius 3 is 2.16 bits per heavy atom. The highest BCUT2D eigenvalue weighted by molar-refractivity contribution is 5.97. The van der Waals surface area contributed by atoms with E-state index in [0.717, 1.165) is 51.4 Å². The lowest BCUT2D eigenvalue weighted by Crippen LogP contribution is -2.23. The van der Waals surface area contributed by atoms with Crippen molar-refractivity contribution in [3.63, 3.8) is 0 Å². The molecule has 0 aliphatic carbocycles. The highest BCUT2D eigenvalue weighted by Crippen LogP contribution is 2.15. The minimum absolute atomic E-state index is 0.163. The van der Waals surface area contributed by atoms with Gasteiger partial charge in [0.05, 0.1) is 6.10 Å². The zero-order valence-corrected chi connectivity index (χ0v) is 16.2. The van der Waals surface area contributed by atoms with Gasteiger partial charge in [-0.2, -0.15) is 0 Å². The third-order valence-electron chi connectivity index (χ3n) is 4.61. The molecule has 0 radical (unpaired) electrons. The molecule has 2 atom stereocenters. The number of carboxylic acids is 1. The Morgan fingerprint density at radius 1 is 0.880 bits per heavy atom. The van der Waals surface area contributed by atoms with Gasteiger partial charge in [-0.15, -0.1) is 0 Å². The molecular weight excluding hydrogens is 316 g/mol. The smallest absolute Gasteiger partial charge is 0.314 e. The Bertz CT molecular complexity index is 376. The molecule has 0 aromatic heterocycles. The van der Waals surface area contributed by atoms with Crippen LogP contribution in [-0.2, 0) is 9.59 Å². The van der Waals surface area contributed by atoms with Crippen molar-refractivity contribution in [3.05, 3.63) is 12.2 Å². The van der Waals surface area contributed by atoms with Gasteiger partial charge in [0, 0.05) is 6.42 Å². The summed E-state index contributed by atoms with van der Waals surface area (Å²) in [5, 5.41) is 18.9. The molecule has 0 aliphatic rings. The summed E-state index contributed by atoms with van der Waals surface area (Å²) >= 11 is 0. The van der Waals surface area contributed by atoms with Gasteiger partial charge in [0.15, 0.2) is 0 Å². The number of hydrogen-bond acceptors (Lipinski definition) is 3. The maximum Gasteiger partial charge on any atom is 0.314 e. The van der Waals surface area contributed by atoms with E-state index < -0.39 is 11.9 Å². The third kappa shape index (κ3) is 13.8. The number of unbranched alkanes of at least 4 members (excludes halogenated alkanes) is 7. The van der Waals surface area contributed by atoms with Crippen LogP contribution in [0.25, 0.3) is 0 Å². The van der Waals surface area contributed by atoms with E-state index in [0.29, 0.717) is 12.8 Å². The van der Waals surface area contributed by atoms with Crippen LogP contribution >= 0.6 is 0 Å². The molecule has 2 unspecified atom stereocenters. The van der Waals surface area contributed by atoms with Crippen molar-refractivity contribution >= 4 is 11.8 Å². The summed E-state index contributed by atoms with van der Waals surface area (Å²) < 4.78 is 0. The topological polar surface area (TPSA) is 74.6 Å². The molecular formula is C21H38O4. The molecule has 0 heterocycles. The number of carbonyl (C=O) groups is 2. The lowest BCUT2D eigenvalue weighted by atomic mass is 9.95. The molecule has 0 aliphatic heterocycles. The molecule has 2 N–H and O–H groups in total. The SMILES string of the molecule is CCCCCCC(O)C/C=C\CCCCCCC(C(=O)O)C(=O)CC. The summed E-state index contributed by atoms with van der Waals surface area (Å²) in [6.45, 7) is 3.90. The van der Waals surface area contributed by atoms with Gasteiger partial charge in [0.2, 0.25) is 0 Å². The van der Waals surface area contributed by atoms with Gasteiger partial charge in [-0.3, -0.25) is 9.59 Å². The maximum absolute atomic E-state index is 11.5. The summed E-state index contributed by atoms with van der Waals surface area (Å²) in [6, 6.07) is 0. The lowest BCUT2D eigenvalue weighted by molar-refractivity contribution is -0.146. The Kier molecular flexibility index (Phi) is 15.6. The van der Waals surface area contributed by atoms with Crippen LogP contribution in [0.15, 0.2) is 12.2 Å². The Labute approximate surface area is 153 Å². The Hall–Kier alpha value is -1.16. The minimum atomic E-state index is -0.983. The molecule has 25 heavy (non-hydrogen) atoms. The summed E-state index contributed by atoms with van der Waals surface area (Å²) in [5.41, 5.74) is 0. The number of hydrogen-bond donors (Lipinski definition) is 2. The van der Waals surface area contributed by atoms with Crippen LogP contribution in [0.4, 0.5) is 0 Å². The Balaban J connectivity index is 3.59. The van der Waals surface area contributed by atoms with Gasteiger partial charge in [-0.05, 0) is 32.1 Å². The van der Waals surface area contributed by atoms with Gasteiger partial charge in [0.1, 0.15) is 11.7 Å². The molecule has 0 rings (SSSR count). The fourth-order valence-corrected chi connectivity index (χ4v) is 2.93. The predicted molar refractivity (Wildman–Crippen MR) is 103 cm³/mol. The van der Waals surface area contributed by atoms with Crippen LogP contribution in [-0.4, -0.2) is 28.1 Å². The first-order valence-electron chi connectivity index (χ1n) is 10.1. The second-order valence-corrected chi connectivity index (χ2v) is 6.91. The average molecular weight is 355 g/mol. The molecule has 0 saturated heterocycles. The van der Waals surface area contributed by atoms with Crippen molar-refractivity contribution in [1.82, 2.24) is 0 Å². The van der Waals surface area contributed by atoms with Crippen molar-refractivity contribution in [3.8, 4) is 0 Å². The number of carboxylic acid groups (broad SMARTS) is 1. The van der Waals surface area contributed by atoms with E-state index in [2.05, 4.69) is 19.1 Å². The van der Waals surface area contributed by atoms with Crippen molar-refractivity contribution < 1.29 is 19.8 Å². The number of aliphatic hydroxyl groups is 1. The summed E-state index contributed by atoms with van der Waals surface area (Å²) in [6.07, 6.45) is 16.1. The highest BCUT2D eigenvalue weighted by atomic mass is 16.4. The molecule has 0 saturated carbocycles. The number of carbonyl (C=O) groups excluding carboxylic acids is 1. The number of aliphatic hydroxyl groups excluding tert-OH is 1. The van der Waals surface area contributed by atoms with Gasteiger partial charge in [-0.1, -0.05) is 70.9 Å². The highest BCUT2D eigenvalue weighted by Gasteiger charge is 2.23. The first-order valence-corrected chi connectivity index (χ1v) is 10.1. The first kappa shape index (κ1) is 23.8. The van der Waals surface area contributed by atoms with Gasteiger partial charge < -0.3 is 10.2 Å². The van der Waals surface area contributed by atoms with E-state index in [9.17, 15) is 14.7 Å². The van der Waals surface area contributed by atoms with E-state index in [1.165, 1.54) is 19.3 Å². The number of ketones is 1. The van der Waals surface area contributed by atoms with E-state index in [1.54, 1.807) is 6.92 Å². The average Bonchev–Trinajstić information content (AvgIpc) is 2.59. The number of rotatable bonds is 17. The molecule has 4 nitrogen and oxygen atoms in total. The molecule has 0 aromatic carbocycles. The number of allylic oxidation sites excluding steroid dienone is 1. The second-order valence-electron chi connectivity index (χ2n) is 6.91. The fourth-order valence-electron chi connectivity index (χ4n) is 2.93. The number of Topliss-reactive ketones (excluding diaryl/α,β-unsaturated/α-hetero) is 1. The standard InChI is InChI=1S/C21H38O4/c1-3-5-6-12-15-18(22)16-13-10-8-7-9-11-14-17-19(21(24)25)20(23)4-2/h10,13,18-19,22H,3-9,11-12,14-17H2,1-2H3,(H,24,25)/b13-10-. The molecule has 4 heteroatoms. The van der Waals surface area contributed by atoms with Crippen molar-refractivity contribution in [1.29, 1.82) is 0 Å². The van der Waals surface area contributed by atoms with Crippen LogP contribution in [0.3, 0.4) is 0 Å². The van der Waals surface area contributed by atoms with E-state index in [4.69, 9.17) is 5.11 Å². The van der Waals surface area contributed by atoms with Gasteiger partial charge >= 0.3 is 5.97 Å². The first-order chi connectivity index (χ1) is 12.0. The third-order valence-corrected chi connectivity index (χ3v) is 4.61. The minimum Gasteiger partial charge on any atom is -0.481 e. The zero-order valence-electron chi connectivity index (χ0n) is 16.2. The van der Waals surface area contributed by atoms with Crippen molar-refractivity contribution in [2.75, 3.05) is 0 Å². The van der Waals surface area contributed by atoms with Crippen molar-refractivity contribution in [2.45, 2.75) is 103 Å². The van der Waals surface area contributed by atoms with E-state index in [-0.39, 0.29) is 11.9 Å². The second kappa shape index (κ2) is 16.3. The van der Waals surface area contributed by atoms with Crippen LogP contribution in [0.5, 0.6) is 0 Å². The monoisotopic (exact) mass is 354 g/mol. The lowest BCUT2D eigenvalue weighted by Gasteiger charge is -2.09. The largest absolute Gasteiger partial charge is 0.481 e. The molecule has 0 aromatic rings. The summed E-state index contributed by atoms with van der Waals surface area (Å²) in [5.74, 6) is -1.96. The molecule has 0 amide bonds. The molecule has 146 valence electrons. The van der Waals surface area contributed by atoms with Crippen LogP contribution in [0.2, 0.25) is 0 Å². The quantitative estimate of drug-likeness (QED) is 0.211. The molecule has 0 fully saturated rings. The van der Waals surface area contributed by atoms with Gasteiger partial charge in [0.25, 0.3) is 0 Å². The molecule has 0 bridgehead atoms. The van der Waals surface area contributed by atoms with Crippen LogP contribution < -0.4 is 0 Å². The Morgan fingerprint density at radius 2 is 1.52 bits per heavy atom. The fraction of sp³-hybridized carbons (Fsp3) is 0.810. The number of aliphatic carboxylic acids is 1. The summed E-state index contributed by atoms with van der Waals surface area (Å²) in [4.78, 5) is 22.6. The predicted octanol–water partition coefficient (Wildman–Crippen LogP) is 5.28. The maximum atomic E-state index is 11.5. The molecule has 0 spiro atoms. The zero-order chi connectivity index (χ0) is 18.9. The van der Waals surface area contributed by atoms with E-state index in [1.807, 2.05) is 0 Å². The van der Waals surface area contributed by atoms with E-state index >= 15 is 0 Å². The van der Waals surface area contributed by atoms with Crippen LogP contribution in [0, 0.1) is 5.92 Å². The van der Waals surface area contributed by atoms with Gasteiger partial charge in [-0.25, -0.2) is 0 Å². The van der Waals surface area contributed by atoms with Crippen molar-refractivity contribution in [2.24, 2.45) is 5.92 Å².